The number of hydrogen-bond donors (Lipinski definition) is 1. The Kier molecular flexibility index (Phi) is 5.15. The SMILES string of the molecule is CSCC(C)N(C)C(=O)c1cccc(N)c1Cl. The third-order valence-corrected chi connectivity index (χ3v) is 3.89. The fraction of sp³-hybridized carbons (Fsp3) is 0.417. The van der Waals surface area contributed by atoms with Crippen LogP contribution in [0.5, 0.6) is 0 Å². The van der Waals surface area contributed by atoms with Gasteiger partial charge in [-0.25, -0.2) is 0 Å². The predicted molar refractivity (Wildman–Crippen MR) is 75.8 cm³/mol. The van der Waals surface area contributed by atoms with E-state index in [1.165, 1.54) is 0 Å². The lowest BCUT2D eigenvalue weighted by Crippen LogP contribution is -2.36. The van der Waals surface area contributed by atoms with E-state index in [0.29, 0.717) is 16.3 Å². The molecule has 0 bridgehead atoms. The molecule has 0 radical (unpaired) electrons. The molecule has 1 amide bonds. The van der Waals surface area contributed by atoms with Gasteiger partial charge >= 0.3 is 0 Å². The molecule has 0 aliphatic rings. The molecule has 17 heavy (non-hydrogen) atoms. The average molecular weight is 273 g/mol. The number of benzene rings is 1. The first-order chi connectivity index (χ1) is 7.99. The molecule has 0 aliphatic heterocycles. The minimum atomic E-state index is -0.0937. The Bertz CT molecular complexity index is 411. The number of nitrogen functional groups attached to an aromatic ring is 1. The van der Waals surface area contributed by atoms with Gasteiger partial charge in [0.05, 0.1) is 16.3 Å². The minimum Gasteiger partial charge on any atom is -0.398 e. The first kappa shape index (κ1) is 14.2. The molecule has 1 aromatic carbocycles. The van der Waals surface area contributed by atoms with Crippen molar-refractivity contribution in [3.8, 4) is 0 Å². The van der Waals surface area contributed by atoms with Crippen LogP contribution < -0.4 is 5.73 Å². The molecule has 0 spiro atoms. The highest BCUT2D eigenvalue weighted by atomic mass is 35.5. The first-order valence-electron chi connectivity index (χ1n) is 5.29. The highest BCUT2D eigenvalue weighted by Crippen LogP contribution is 2.24. The van der Waals surface area contributed by atoms with Crippen LogP contribution in [0.4, 0.5) is 5.69 Å². The van der Waals surface area contributed by atoms with Gasteiger partial charge in [-0.05, 0) is 25.3 Å². The van der Waals surface area contributed by atoms with Gasteiger partial charge in [0.15, 0.2) is 0 Å². The van der Waals surface area contributed by atoms with E-state index in [9.17, 15) is 4.79 Å². The molecule has 94 valence electrons. The van der Waals surface area contributed by atoms with Crippen LogP contribution in [0.1, 0.15) is 17.3 Å². The van der Waals surface area contributed by atoms with E-state index in [0.717, 1.165) is 5.75 Å². The number of halogens is 1. The van der Waals surface area contributed by atoms with Gasteiger partial charge in [0.1, 0.15) is 0 Å². The van der Waals surface area contributed by atoms with Crippen LogP contribution in [-0.4, -0.2) is 35.9 Å². The standard InChI is InChI=1S/C12H17ClN2OS/c1-8(7-17-3)15(2)12(16)9-5-4-6-10(14)11(9)13/h4-6,8H,7,14H2,1-3H3. The van der Waals surface area contributed by atoms with E-state index < -0.39 is 0 Å². The highest BCUT2D eigenvalue weighted by molar-refractivity contribution is 7.98. The molecule has 3 nitrogen and oxygen atoms in total. The van der Waals surface area contributed by atoms with Crippen LogP contribution in [0.3, 0.4) is 0 Å². The number of anilines is 1. The van der Waals surface area contributed by atoms with Crippen LogP contribution in [0, 0.1) is 0 Å². The van der Waals surface area contributed by atoms with Gasteiger partial charge < -0.3 is 10.6 Å². The molecule has 0 saturated carbocycles. The second kappa shape index (κ2) is 6.17. The molecule has 0 fully saturated rings. The van der Waals surface area contributed by atoms with Crippen LogP contribution >= 0.6 is 23.4 Å². The van der Waals surface area contributed by atoms with E-state index in [-0.39, 0.29) is 11.9 Å². The summed E-state index contributed by atoms with van der Waals surface area (Å²) in [5, 5.41) is 0.334. The summed E-state index contributed by atoms with van der Waals surface area (Å²) in [7, 11) is 1.78. The highest BCUT2D eigenvalue weighted by Gasteiger charge is 2.20. The fourth-order valence-corrected chi connectivity index (χ4v) is 2.37. The molecule has 5 heteroatoms. The zero-order valence-electron chi connectivity index (χ0n) is 10.2. The normalized spacial score (nSPS) is 12.2. The quantitative estimate of drug-likeness (QED) is 0.858. The van der Waals surface area contributed by atoms with E-state index >= 15 is 0 Å². The number of hydrogen-bond acceptors (Lipinski definition) is 3. The summed E-state index contributed by atoms with van der Waals surface area (Å²) in [4.78, 5) is 13.9. The fourth-order valence-electron chi connectivity index (χ4n) is 1.46. The number of thioether (sulfide) groups is 1. The van der Waals surface area contributed by atoms with Crippen molar-refractivity contribution in [2.75, 3.05) is 24.8 Å². The Morgan fingerprint density at radius 1 is 1.59 bits per heavy atom. The number of carbonyl (C=O) groups excluding carboxylic acids is 1. The molecule has 2 N–H and O–H groups in total. The molecule has 0 heterocycles. The summed E-state index contributed by atoms with van der Waals surface area (Å²) in [6, 6.07) is 5.28. The Hall–Kier alpha value is -0.870. The topological polar surface area (TPSA) is 46.3 Å². The maximum absolute atomic E-state index is 12.2. The lowest BCUT2D eigenvalue weighted by atomic mass is 10.1. The Balaban J connectivity index is 2.93. The van der Waals surface area contributed by atoms with E-state index in [1.54, 1.807) is 41.9 Å². The molecule has 1 aromatic rings. The lowest BCUT2D eigenvalue weighted by molar-refractivity contribution is 0.0758. The van der Waals surface area contributed by atoms with E-state index in [1.807, 2.05) is 13.2 Å². The molecule has 1 unspecified atom stereocenters. The Morgan fingerprint density at radius 2 is 2.24 bits per heavy atom. The molecule has 1 atom stereocenters. The van der Waals surface area contributed by atoms with Crippen molar-refractivity contribution in [1.29, 1.82) is 0 Å². The summed E-state index contributed by atoms with van der Waals surface area (Å²) in [6.45, 7) is 2.01. The minimum absolute atomic E-state index is 0.0937. The summed E-state index contributed by atoms with van der Waals surface area (Å²) >= 11 is 7.74. The van der Waals surface area contributed by atoms with Gasteiger partial charge in [-0.2, -0.15) is 11.8 Å². The van der Waals surface area contributed by atoms with Crippen molar-refractivity contribution in [3.05, 3.63) is 28.8 Å². The number of nitrogens with zero attached hydrogens (tertiary/aromatic N) is 1. The molecular weight excluding hydrogens is 256 g/mol. The van der Waals surface area contributed by atoms with Crippen molar-refractivity contribution in [2.24, 2.45) is 0 Å². The zero-order chi connectivity index (χ0) is 13.0. The maximum atomic E-state index is 12.2. The summed E-state index contributed by atoms with van der Waals surface area (Å²) < 4.78 is 0. The zero-order valence-corrected chi connectivity index (χ0v) is 11.8. The third-order valence-electron chi connectivity index (χ3n) is 2.65. The molecular formula is C12H17ClN2OS. The number of carbonyl (C=O) groups is 1. The van der Waals surface area contributed by atoms with Crippen LogP contribution in [-0.2, 0) is 0 Å². The Labute approximate surface area is 111 Å². The van der Waals surface area contributed by atoms with Gasteiger partial charge in [0, 0.05) is 18.8 Å². The van der Waals surface area contributed by atoms with Crippen molar-refractivity contribution < 1.29 is 4.79 Å². The number of amides is 1. The molecule has 0 aliphatic carbocycles. The predicted octanol–water partition coefficient (Wildman–Crippen LogP) is 2.75. The summed E-state index contributed by atoms with van der Waals surface area (Å²) in [6.07, 6.45) is 2.02. The van der Waals surface area contributed by atoms with Crippen molar-refractivity contribution in [2.45, 2.75) is 13.0 Å². The van der Waals surface area contributed by atoms with Gasteiger partial charge in [0.2, 0.25) is 0 Å². The molecule has 1 rings (SSSR count). The van der Waals surface area contributed by atoms with Crippen molar-refractivity contribution in [3.63, 3.8) is 0 Å². The second-order valence-corrected chi connectivity index (χ2v) is 5.22. The van der Waals surface area contributed by atoms with Crippen molar-refractivity contribution >= 4 is 35.0 Å². The molecule has 0 saturated heterocycles. The third kappa shape index (κ3) is 3.30. The second-order valence-electron chi connectivity index (χ2n) is 3.93. The number of rotatable bonds is 4. The van der Waals surface area contributed by atoms with Gasteiger partial charge in [0.25, 0.3) is 5.91 Å². The van der Waals surface area contributed by atoms with Crippen LogP contribution in [0.2, 0.25) is 5.02 Å². The summed E-state index contributed by atoms with van der Waals surface area (Å²) in [5.41, 5.74) is 6.58. The molecule has 0 aromatic heterocycles. The van der Waals surface area contributed by atoms with Gasteiger partial charge in [-0.1, -0.05) is 17.7 Å². The van der Waals surface area contributed by atoms with Gasteiger partial charge in [-0.15, -0.1) is 0 Å². The van der Waals surface area contributed by atoms with Crippen LogP contribution in [0.25, 0.3) is 0 Å². The van der Waals surface area contributed by atoms with Gasteiger partial charge in [-0.3, -0.25) is 4.79 Å². The smallest absolute Gasteiger partial charge is 0.255 e. The van der Waals surface area contributed by atoms with Crippen molar-refractivity contribution in [1.82, 2.24) is 4.90 Å². The Morgan fingerprint density at radius 3 is 2.82 bits per heavy atom. The van der Waals surface area contributed by atoms with E-state index in [2.05, 4.69) is 0 Å². The van der Waals surface area contributed by atoms with Crippen LogP contribution in [0.15, 0.2) is 18.2 Å². The van der Waals surface area contributed by atoms with E-state index in [4.69, 9.17) is 17.3 Å². The number of nitrogens with two attached hydrogens (primary N) is 1. The summed E-state index contributed by atoms with van der Waals surface area (Å²) in [5.74, 6) is 0.797. The lowest BCUT2D eigenvalue weighted by Gasteiger charge is -2.25. The first-order valence-corrected chi connectivity index (χ1v) is 7.06. The largest absolute Gasteiger partial charge is 0.398 e. The monoisotopic (exact) mass is 272 g/mol. The maximum Gasteiger partial charge on any atom is 0.255 e. The average Bonchev–Trinajstić information content (AvgIpc) is 2.31.